The zero-order valence-corrected chi connectivity index (χ0v) is 7.97. The summed E-state index contributed by atoms with van der Waals surface area (Å²) in [4.78, 5) is 10.4. The van der Waals surface area contributed by atoms with Crippen LogP contribution in [0.1, 0.15) is 32.6 Å². The van der Waals surface area contributed by atoms with E-state index in [0.717, 1.165) is 12.8 Å². The van der Waals surface area contributed by atoms with Gasteiger partial charge in [0.15, 0.2) is 0 Å². The zero-order chi connectivity index (χ0) is 8.53. The van der Waals surface area contributed by atoms with Crippen LogP contribution < -0.4 is 6.15 Å². The molecule has 4 heteroatoms. The SMILES string of the molecule is CCCCCCOC(=O)OC.N. The maximum atomic E-state index is 10.4. The van der Waals surface area contributed by atoms with Crippen LogP contribution in [0.5, 0.6) is 0 Å². The van der Waals surface area contributed by atoms with Crippen LogP contribution in [0.2, 0.25) is 0 Å². The second-order valence-corrected chi connectivity index (χ2v) is 2.36. The van der Waals surface area contributed by atoms with Crippen LogP contribution in [0, 0.1) is 0 Å². The molecule has 0 aliphatic heterocycles. The molecule has 3 N–H and O–H groups in total. The average Bonchev–Trinajstić information content (AvgIpc) is 2.04. The van der Waals surface area contributed by atoms with Gasteiger partial charge in [0.05, 0.1) is 13.7 Å². The minimum absolute atomic E-state index is 0. The maximum absolute atomic E-state index is 10.4. The molecular weight excluding hydrogens is 158 g/mol. The van der Waals surface area contributed by atoms with Crippen molar-refractivity contribution in [3.05, 3.63) is 0 Å². The van der Waals surface area contributed by atoms with E-state index in [1.165, 1.54) is 20.0 Å². The van der Waals surface area contributed by atoms with Gasteiger partial charge >= 0.3 is 6.16 Å². The molecule has 0 atom stereocenters. The van der Waals surface area contributed by atoms with E-state index >= 15 is 0 Å². The number of rotatable bonds is 5. The van der Waals surface area contributed by atoms with Crippen LogP contribution in [-0.2, 0) is 9.47 Å². The van der Waals surface area contributed by atoms with Crippen LogP contribution in [-0.4, -0.2) is 19.9 Å². The van der Waals surface area contributed by atoms with E-state index in [1.54, 1.807) is 0 Å². The molecule has 0 bridgehead atoms. The highest BCUT2D eigenvalue weighted by Gasteiger charge is 1.97. The molecule has 0 aromatic carbocycles. The lowest BCUT2D eigenvalue weighted by atomic mass is 10.2. The Morgan fingerprint density at radius 2 is 1.92 bits per heavy atom. The largest absolute Gasteiger partial charge is 0.507 e. The number of carbonyl (C=O) groups is 1. The summed E-state index contributed by atoms with van der Waals surface area (Å²) in [7, 11) is 1.31. The summed E-state index contributed by atoms with van der Waals surface area (Å²) < 4.78 is 8.97. The molecular formula is C8H19NO3. The summed E-state index contributed by atoms with van der Waals surface area (Å²) in [5.41, 5.74) is 0. The highest BCUT2D eigenvalue weighted by Crippen LogP contribution is 1.99. The first-order valence-corrected chi connectivity index (χ1v) is 4.02. The van der Waals surface area contributed by atoms with Crippen LogP contribution >= 0.6 is 0 Å². The topological polar surface area (TPSA) is 70.5 Å². The number of hydrogen-bond acceptors (Lipinski definition) is 4. The maximum Gasteiger partial charge on any atom is 0.507 e. The fourth-order valence-corrected chi connectivity index (χ4v) is 0.743. The van der Waals surface area contributed by atoms with Crippen molar-refractivity contribution in [1.29, 1.82) is 0 Å². The van der Waals surface area contributed by atoms with Crippen molar-refractivity contribution >= 4 is 6.16 Å². The van der Waals surface area contributed by atoms with Crippen molar-refractivity contribution in [3.63, 3.8) is 0 Å². The molecule has 74 valence electrons. The Balaban J connectivity index is 0. The van der Waals surface area contributed by atoms with Crippen LogP contribution in [0.25, 0.3) is 0 Å². The Morgan fingerprint density at radius 1 is 1.25 bits per heavy atom. The third kappa shape index (κ3) is 9.23. The number of unbranched alkanes of at least 4 members (excludes halogenated alkanes) is 3. The fourth-order valence-electron chi connectivity index (χ4n) is 0.743. The lowest BCUT2D eigenvalue weighted by Gasteiger charge is -2.01. The summed E-state index contributed by atoms with van der Waals surface area (Å²) >= 11 is 0. The van der Waals surface area contributed by atoms with Crippen LogP contribution in [0.4, 0.5) is 4.79 Å². The molecule has 4 nitrogen and oxygen atoms in total. The Hall–Kier alpha value is -0.770. The van der Waals surface area contributed by atoms with E-state index in [-0.39, 0.29) is 6.15 Å². The minimum atomic E-state index is -0.582. The highest BCUT2D eigenvalue weighted by atomic mass is 16.7. The molecule has 0 rings (SSSR count). The van der Waals surface area contributed by atoms with Gasteiger partial charge in [-0.1, -0.05) is 26.2 Å². The predicted octanol–water partition coefficient (Wildman–Crippen LogP) is 2.51. The smallest absolute Gasteiger partial charge is 0.438 e. The summed E-state index contributed by atoms with van der Waals surface area (Å²) in [6.45, 7) is 2.62. The highest BCUT2D eigenvalue weighted by molar-refractivity contribution is 5.59. The first kappa shape index (κ1) is 13.8. The molecule has 12 heavy (non-hydrogen) atoms. The normalized spacial score (nSPS) is 8.50. The van der Waals surface area contributed by atoms with Gasteiger partial charge < -0.3 is 15.6 Å². The quantitative estimate of drug-likeness (QED) is 0.517. The fraction of sp³-hybridized carbons (Fsp3) is 0.875. The predicted molar refractivity (Wildman–Crippen MR) is 47.5 cm³/mol. The van der Waals surface area contributed by atoms with Crippen molar-refractivity contribution in [3.8, 4) is 0 Å². The summed E-state index contributed by atoms with van der Waals surface area (Å²) in [5.74, 6) is 0. The molecule has 0 saturated heterocycles. The standard InChI is InChI=1S/C8H16O3.H3N/c1-3-4-5-6-7-11-8(9)10-2;/h3-7H2,1-2H3;1H3. The number of ether oxygens (including phenoxy) is 2. The van der Waals surface area contributed by atoms with E-state index < -0.39 is 6.16 Å². The third-order valence-corrected chi connectivity index (χ3v) is 1.38. The van der Waals surface area contributed by atoms with Crippen molar-refractivity contribution in [1.82, 2.24) is 6.15 Å². The summed E-state index contributed by atoms with van der Waals surface area (Å²) in [6, 6.07) is 0. The Bertz CT molecular complexity index is 106. The average molecular weight is 177 g/mol. The summed E-state index contributed by atoms with van der Waals surface area (Å²) in [6.07, 6.45) is 3.86. The van der Waals surface area contributed by atoms with Gasteiger partial charge in [-0.05, 0) is 6.42 Å². The number of carbonyl (C=O) groups excluding carboxylic acids is 1. The van der Waals surface area contributed by atoms with Crippen LogP contribution in [0.15, 0.2) is 0 Å². The van der Waals surface area contributed by atoms with E-state index in [9.17, 15) is 4.79 Å². The van der Waals surface area contributed by atoms with Crippen LogP contribution in [0.3, 0.4) is 0 Å². The molecule has 0 aliphatic carbocycles. The Labute approximate surface area is 73.8 Å². The molecule has 0 radical (unpaired) electrons. The molecule has 0 fully saturated rings. The van der Waals surface area contributed by atoms with Gasteiger partial charge in [0.1, 0.15) is 0 Å². The monoisotopic (exact) mass is 177 g/mol. The molecule has 0 heterocycles. The molecule has 0 spiro atoms. The van der Waals surface area contributed by atoms with Crippen molar-refractivity contribution in [2.24, 2.45) is 0 Å². The lowest BCUT2D eigenvalue weighted by molar-refractivity contribution is 0.0713. The second-order valence-electron chi connectivity index (χ2n) is 2.36. The lowest BCUT2D eigenvalue weighted by Crippen LogP contribution is -2.05. The van der Waals surface area contributed by atoms with Crippen molar-refractivity contribution < 1.29 is 14.3 Å². The van der Waals surface area contributed by atoms with Gasteiger partial charge in [0, 0.05) is 0 Å². The number of methoxy groups -OCH3 is 1. The van der Waals surface area contributed by atoms with Gasteiger partial charge in [0.2, 0.25) is 0 Å². The first-order chi connectivity index (χ1) is 5.31. The van der Waals surface area contributed by atoms with Gasteiger partial charge in [0.25, 0.3) is 0 Å². The molecule has 0 aromatic heterocycles. The Kier molecular flexibility index (Phi) is 11.8. The van der Waals surface area contributed by atoms with E-state index in [1.807, 2.05) is 0 Å². The molecule has 0 aromatic rings. The van der Waals surface area contributed by atoms with E-state index in [4.69, 9.17) is 0 Å². The van der Waals surface area contributed by atoms with Gasteiger partial charge in [-0.25, -0.2) is 4.79 Å². The molecule has 0 aliphatic rings. The second kappa shape index (κ2) is 10.2. The van der Waals surface area contributed by atoms with Crippen molar-refractivity contribution in [2.75, 3.05) is 13.7 Å². The Morgan fingerprint density at radius 3 is 2.42 bits per heavy atom. The molecule has 0 saturated carbocycles. The number of hydrogen-bond donors (Lipinski definition) is 1. The molecule has 0 amide bonds. The van der Waals surface area contributed by atoms with Crippen molar-refractivity contribution in [2.45, 2.75) is 32.6 Å². The first-order valence-electron chi connectivity index (χ1n) is 4.02. The van der Waals surface area contributed by atoms with Gasteiger partial charge in [-0.2, -0.15) is 0 Å². The zero-order valence-electron chi connectivity index (χ0n) is 7.97. The van der Waals surface area contributed by atoms with E-state index in [2.05, 4.69) is 16.4 Å². The van der Waals surface area contributed by atoms with E-state index in [0.29, 0.717) is 6.61 Å². The molecule has 0 unspecified atom stereocenters. The van der Waals surface area contributed by atoms with Gasteiger partial charge in [-0.3, -0.25) is 0 Å². The minimum Gasteiger partial charge on any atom is -0.438 e. The van der Waals surface area contributed by atoms with Gasteiger partial charge in [-0.15, -0.1) is 0 Å². The third-order valence-electron chi connectivity index (χ3n) is 1.38. The summed E-state index contributed by atoms with van der Waals surface area (Å²) in [5, 5.41) is 0.